The minimum atomic E-state index is -4.07. The average molecular weight is 249 g/mol. The van der Waals surface area contributed by atoms with Crippen molar-refractivity contribution >= 4 is 0 Å². The number of nitrogens with one attached hydrogen (secondary N) is 1. The maximum absolute atomic E-state index is 12.1. The van der Waals surface area contributed by atoms with Crippen LogP contribution in [0.15, 0.2) is 22.8 Å². The molecular formula is C12H18F3NO. The van der Waals surface area contributed by atoms with Crippen molar-refractivity contribution in [2.24, 2.45) is 0 Å². The molecule has 17 heavy (non-hydrogen) atoms. The molecular weight excluding hydrogens is 231 g/mol. The van der Waals surface area contributed by atoms with Gasteiger partial charge in [-0.2, -0.15) is 13.2 Å². The highest BCUT2D eigenvalue weighted by Crippen LogP contribution is 2.23. The summed E-state index contributed by atoms with van der Waals surface area (Å²) in [5.74, 6) is 0.819. The van der Waals surface area contributed by atoms with Crippen LogP contribution in [0.3, 0.4) is 0 Å². The fraction of sp³-hybridized carbons (Fsp3) is 0.667. The molecule has 98 valence electrons. The second kappa shape index (κ2) is 6.69. The fourth-order valence-electron chi connectivity index (χ4n) is 1.75. The van der Waals surface area contributed by atoms with E-state index in [2.05, 4.69) is 5.32 Å². The van der Waals surface area contributed by atoms with Crippen LogP contribution >= 0.6 is 0 Å². The van der Waals surface area contributed by atoms with E-state index in [1.54, 1.807) is 12.3 Å². The summed E-state index contributed by atoms with van der Waals surface area (Å²) in [6.07, 6.45) is -1.77. The maximum Gasteiger partial charge on any atom is 0.389 e. The number of aryl methyl sites for hydroxylation is 1. The van der Waals surface area contributed by atoms with Gasteiger partial charge in [-0.25, -0.2) is 0 Å². The van der Waals surface area contributed by atoms with Crippen LogP contribution in [-0.4, -0.2) is 18.8 Å². The summed E-state index contributed by atoms with van der Waals surface area (Å²) >= 11 is 0. The van der Waals surface area contributed by atoms with Gasteiger partial charge in [-0.3, -0.25) is 0 Å². The Balaban J connectivity index is 2.32. The number of furan rings is 1. The first kappa shape index (κ1) is 14.1. The molecule has 0 saturated heterocycles. The van der Waals surface area contributed by atoms with Crippen molar-refractivity contribution in [3.63, 3.8) is 0 Å². The first-order valence-corrected chi connectivity index (χ1v) is 5.84. The lowest BCUT2D eigenvalue weighted by Crippen LogP contribution is -2.30. The standard InChI is InChI=1S/C12H18F3NO/c1-2-16-10(7-8-12(13,14)15)5-6-11-4-3-9-17-11/h3-4,9-10,16H,2,5-8H2,1H3. The minimum absolute atomic E-state index is 0.105. The van der Waals surface area contributed by atoms with Crippen molar-refractivity contribution in [1.82, 2.24) is 5.32 Å². The van der Waals surface area contributed by atoms with Crippen LogP contribution in [-0.2, 0) is 6.42 Å². The third-order valence-electron chi connectivity index (χ3n) is 2.59. The molecule has 1 atom stereocenters. The first-order valence-electron chi connectivity index (χ1n) is 5.84. The lowest BCUT2D eigenvalue weighted by molar-refractivity contribution is -0.136. The highest BCUT2D eigenvalue weighted by molar-refractivity contribution is 4.98. The number of alkyl halides is 3. The Morgan fingerprint density at radius 2 is 2.12 bits per heavy atom. The van der Waals surface area contributed by atoms with E-state index >= 15 is 0 Å². The van der Waals surface area contributed by atoms with Crippen molar-refractivity contribution in [1.29, 1.82) is 0 Å². The van der Waals surface area contributed by atoms with Gasteiger partial charge in [-0.05, 0) is 31.5 Å². The average Bonchev–Trinajstić information content (AvgIpc) is 2.74. The molecule has 0 spiro atoms. The van der Waals surface area contributed by atoms with Crippen LogP contribution in [0.2, 0.25) is 0 Å². The van der Waals surface area contributed by atoms with Crippen LogP contribution in [0.25, 0.3) is 0 Å². The topological polar surface area (TPSA) is 25.2 Å². The van der Waals surface area contributed by atoms with Crippen LogP contribution in [0.4, 0.5) is 13.2 Å². The minimum Gasteiger partial charge on any atom is -0.469 e. The van der Waals surface area contributed by atoms with Crippen LogP contribution in [0.5, 0.6) is 0 Å². The number of halogens is 3. The molecule has 5 heteroatoms. The van der Waals surface area contributed by atoms with E-state index in [9.17, 15) is 13.2 Å². The maximum atomic E-state index is 12.1. The molecule has 0 radical (unpaired) electrons. The SMILES string of the molecule is CCNC(CCc1ccco1)CCC(F)(F)F. The molecule has 1 unspecified atom stereocenters. The third-order valence-corrected chi connectivity index (χ3v) is 2.59. The van der Waals surface area contributed by atoms with E-state index in [1.165, 1.54) is 0 Å². The molecule has 1 aromatic rings. The molecule has 0 aliphatic carbocycles. The number of hydrogen-bond donors (Lipinski definition) is 1. The zero-order valence-electron chi connectivity index (χ0n) is 9.89. The highest BCUT2D eigenvalue weighted by atomic mass is 19.4. The third kappa shape index (κ3) is 6.36. The lowest BCUT2D eigenvalue weighted by atomic mass is 10.0. The quantitative estimate of drug-likeness (QED) is 0.799. The predicted molar refractivity (Wildman–Crippen MR) is 59.8 cm³/mol. The Bertz CT molecular complexity index is 295. The Labute approximate surface area is 99.2 Å². The summed E-state index contributed by atoms with van der Waals surface area (Å²) < 4.78 is 41.5. The molecule has 0 aliphatic rings. The van der Waals surface area contributed by atoms with Gasteiger partial charge in [0.2, 0.25) is 0 Å². The molecule has 0 amide bonds. The number of hydrogen-bond acceptors (Lipinski definition) is 2. The largest absolute Gasteiger partial charge is 0.469 e. The summed E-state index contributed by atoms with van der Waals surface area (Å²) in [5.41, 5.74) is 0. The lowest BCUT2D eigenvalue weighted by Gasteiger charge is -2.18. The monoisotopic (exact) mass is 249 g/mol. The Morgan fingerprint density at radius 1 is 1.35 bits per heavy atom. The van der Waals surface area contributed by atoms with Crippen molar-refractivity contribution in [2.45, 2.75) is 44.8 Å². The highest BCUT2D eigenvalue weighted by Gasteiger charge is 2.28. The number of rotatable bonds is 7. The molecule has 2 nitrogen and oxygen atoms in total. The fourth-order valence-corrected chi connectivity index (χ4v) is 1.75. The molecule has 0 fully saturated rings. The molecule has 1 heterocycles. The zero-order chi connectivity index (χ0) is 12.7. The van der Waals surface area contributed by atoms with Gasteiger partial charge in [0.1, 0.15) is 5.76 Å². The van der Waals surface area contributed by atoms with Gasteiger partial charge in [-0.1, -0.05) is 6.92 Å². The second-order valence-corrected chi connectivity index (χ2v) is 4.03. The van der Waals surface area contributed by atoms with E-state index in [1.807, 2.05) is 13.0 Å². The molecule has 1 N–H and O–H groups in total. The van der Waals surface area contributed by atoms with E-state index in [0.29, 0.717) is 19.4 Å². The summed E-state index contributed by atoms with van der Waals surface area (Å²) in [5, 5.41) is 3.08. The Hall–Kier alpha value is -0.970. The molecule has 0 bridgehead atoms. The van der Waals surface area contributed by atoms with Gasteiger partial charge in [0.25, 0.3) is 0 Å². The van der Waals surface area contributed by atoms with Gasteiger partial charge in [-0.15, -0.1) is 0 Å². The summed E-state index contributed by atoms with van der Waals surface area (Å²) in [6, 6.07) is 3.52. The molecule has 0 aliphatic heterocycles. The van der Waals surface area contributed by atoms with Crippen LogP contribution < -0.4 is 5.32 Å². The second-order valence-electron chi connectivity index (χ2n) is 4.03. The molecule has 1 rings (SSSR count). The van der Waals surface area contributed by atoms with Gasteiger partial charge in [0.05, 0.1) is 6.26 Å². The summed E-state index contributed by atoms with van der Waals surface area (Å²) in [4.78, 5) is 0. The van der Waals surface area contributed by atoms with Crippen molar-refractivity contribution < 1.29 is 17.6 Å². The predicted octanol–water partition coefficient (Wildman–Crippen LogP) is 3.53. The summed E-state index contributed by atoms with van der Waals surface area (Å²) in [6.45, 7) is 2.58. The molecule has 0 saturated carbocycles. The van der Waals surface area contributed by atoms with E-state index in [4.69, 9.17) is 4.42 Å². The normalized spacial score (nSPS) is 13.9. The molecule has 1 aromatic heterocycles. The first-order chi connectivity index (χ1) is 8.01. The van der Waals surface area contributed by atoms with Gasteiger partial charge in [0, 0.05) is 18.9 Å². The zero-order valence-corrected chi connectivity index (χ0v) is 9.89. The van der Waals surface area contributed by atoms with E-state index < -0.39 is 12.6 Å². The van der Waals surface area contributed by atoms with E-state index in [0.717, 1.165) is 5.76 Å². The van der Waals surface area contributed by atoms with Crippen molar-refractivity contribution in [2.75, 3.05) is 6.54 Å². The van der Waals surface area contributed by atoms with Gasteiger partial charge < -0.3 is 9.73 Å². The van der Waals surface area contributed by atoms with Crippen molar-refractivity contribution in [3.05, 3.63) is 24.2 Å². The Kier molecular flexibility index (Phi) is 5.55. The van der Waals surface area contributed by atoms with Crippen molar-refractivity contribution in [3.8, 4) is 0 Å². The summed E-state index contributed by atoms with van der Waals surface area (Å²) in [7, 11) is 0. The van der Waals surface area contributed by atoms with Gasteiger partial charge in [0.15, 0.2) is 0 Å². The van der Waals surface area contributed by atoms with Crippen LogP contribution in [0.1, 0.15) is 31.9 Å². The van der Waals surface area contributed by atoms with E-state index in [-0.39, 0.29) is 12.5 Å². The van der Waals surface area contributed by atoms with Gasteiger partial charge >= 0.3 is 6.18 Å². The molecule has 0 aromatic carbocycles. The smallest absolute Gasteiger partial charge is 0.389 e. The van der Waals surface area contributed by atoms with Crippen LogP contribution in [0, 0.1) is 0 Å². The Morgan fingerprint density at radius 3 is 2.65 bits per heavy atom.